The molecule has 0 aliphatic heterocycles. The Hall–Kier alpha value is -3.35. The number of amides is 3. The monoisotopic (exact) mass is 328 g/mol. The Kier molecular flexibility index (Phi) is 5.90. The highest BCUT2D eigenvalue weighted by Gasteiger charge is 2.16. The van der Waals surface area contributed by atoms with Gasteiger partial charge < -0.3 is 14.8 Å². The number of carbonyl (C=O) groups excluding carboxylic acids is 3. The lowest BCUT2D eigenvalue weighted by Gasteiger charge is -2.10. The lowest BCUT2D eigenvalue weighted by molar-refractivity contribution is -0.123. The first-order chi connectivity index (χ1) is 11.6. The number of hydrogen-bond acceptors (Lipinski definition) is 5. The number of rotatable bonds is 5. The smallest absolute Gasteiger partial charge is 0.342 e. The molecule has 0 spiro atoms. The SMILES string of the molecule is CNC(=O)NC(=O)COC(=O)c1ccccc1Oc1ccccc1. The van der Waals surface area contributed by atoms with Crippen LogP contribution in [0.1, 0.15) is 10.4 Å². The molecule has 0 radical (unpaired) electrons. The molecule has 0 saturated carbocycles. The quantitative estimate of drug-likeness (QED) is 0.820. The van der Waals surface area contributed by atoms with Crippen LogP contribution in [0.3, 0.4) is 0 Å². The van der Waals surface area contributed by atoms with Crippen LogP contribution in [-0.4, -0.2) is 31.6 Å². The van der Waals surface area contributed by atoms with Crippen molar-refractivity contribution in [2.45, 2.75) is 0 Å². The summed E-state index contributed by atoms with van der Waals surface area (Å²) >= 11 is 0. The highest BCUT2D eigenvalue weighted by atomic mass is 16.5. The fourth-order valence-corrected chi connectivity index (χ4v) is 1.77. The van der Waals surface area contributed by atoms with E-state index >= 15 is 0 Å². The predicted octanol–water partition coefficient (Wildman–Crippen LogP) is 2.09. The lowest BCUT2D eigenvalue weighted by Crippen LogP contribution is -2.39. The fraction of sp³-hybridized carbons (Fsp3) is 0.118. The third kappa shape index (κ3) is 4.84. The van der Waals surface area contributed by atoms with Crippen LogP contribution in [0.5, 0.6) is 11.5 Å². The van der Waals surface area contributed by atoms with Gasteiger partial charge in [0.2, 0.25) is 0 Å². The van der Waals surface area contributed by atoms with E-state index in [9.17, 15) is 14.4 Å². The Bertz CT molecular complexity index is 731. The summed E-state index contributed by atoms with van der Waals surface area (Å²) in [5.74, 6) is -0.590. The van der Waals surface area contributed by atoms with E-state index in [-0.39, 0.29) is 5.56 Å². The summed E-state index contributed by atoms with van der Waals surface area (Å²) in [5.41, 5.74) is 0.175. The summed E-state index contributed by atoms with van der Waals surface area (Å²) in [4.78, 5) is 34.6. The van der Waals surface area contributed by atoms with Gasteiger partial charge >= 0.3 is 12.0 Å². The zero-order chi connectivity index (χ0) is 17.4. The summed E-state index contributed by atoms with van der Waals surface area (Å²) in [6, 6.07) is 14.8. The van der Waals surface area contributed by atoms with Crippen molar-refractivity contribution in [3.05, 3.63) is 60.2 Å². The van der Waals surface area contributed by atoms with Crippen molar-refractivity contribution in [2.24, 2.45) is 0 Å². The number of hydrogen-bond donors (Lipinski definition) is 2. The number of para-hydroxylation sites is 2. The van der Waals surface area contributed by atoms with Gasteiger partial charge in [-0.25, -0.2) is 9.59 Å². The van der Waals surface area contributed by atoms with Gasteiger partial charge in [0.25, 0.3) is 5.91 Å². The van der Waals surface area contributed by atoms with Crippen molar-refractivity contribution in [1.29, 1.82) is 0 Å². The fourth-order valence-electron chi connectivity index (χ4n) is 1.77. The van der Waals surface area contributed by atoms with E-state index in [0.717, 1.165) is 0 Å². The van der Waals surface area contributed by atoms with Crippen LogP contribution in [-0.2, 0) is 9.53 Å². The van der Waals surface area contributed by atoms with Crippen LogP contribution < -0.4 is 15.4 Å². The van der Waals surface area contributed by atoms with E-state index in [1.807, 2.05) is 11.4 Å². The van der Waals surface area contributed by atoms with Gasteiger partial charge in [-0.05, 0) is 24.3 Å². The van der Waals surface area contributed by atoms with Crippen LogP contribution >= 0.6 is 0 Å². The van der Waals surface area contributed by atoms with E-state index in [4.69, 9.17) is 9.47 Å². The average Bonchev–Trinajstić information content (AvgIpc) is 2.61. The standard InChI is InChI=1S/C17H16N2O5/c1-18-17(22)19-15(20)11-23-16(21)13-9-5-6-10-14(13)24-12-7-3-2-4-8-12/h2-10H,11H2,1H3,(H2,18,19,20,22). The minimum Gasteiger partial charge on any atom is -0.456 e. The Morgan fingerprint density at radius 1 is 0.958 bits per heavy atom. The Balaban J connectivity index is 2.02. The molecule has 0 fully saturated rings. The van der Waals surface area contributed by atoms with E-state index in [1.165, 1.54) is 13.1 Å². The molecule has 2 aromatic rings. The lowest BCUT2D eigenvalue weighted by atomic mass is 10.2. The highest BCUT2D eigenvalue weighted by Crippen LogP contribution is 2.25. The first kappa shape index (κ1) is 17.0. The van der Waals surface area contributed by atoms with E-state index in [2.05, 4.69) is 5.32 Å². The molecule has 0 saturated heterocycles. The molecular formula is C17H16N2O5. The molecule has 24 heavy (non-hydrogen) atoms. The average molecular weight is 328 g/mol. The molecule has 0 atom stereocenters. The summed E-state index contributed by atoms with van der Waals surface area (Å²) in [5, 5.41) is 4.21. The van der Waals surface area contributed by atoms with Gasteiger partial charge in [0.05, 0.1) is 0 Å². The molecular weight excluding hydrogens is 312 g/mol. The molecule has 124 valence electrons. The molecule has 0 aliphatic rings. The number of ether oxygens (including phenoxy) is 2. The van der Waals surface area contributed by atoms with E-state index in [0.29, 0.717) is 11.5 Å². The molecule has 7 nitrogen and oxygen atoms in total. The second kappa shape index (κ2) is 8.33. The van der Waals surface area contributed by atoms with Gasteiger partial charge in [-0.15, -0.1) is 0 Å². The summed E-state index contributed by atoms with van der Waals surface area (Å²) in [6.45, 7) is -0.577. The van der Waals surface area contributed by atoms with Gasteiger partial charge in [-0.3, -0.25) is 10.1 Å². The molecule has 0 bridgehead atoms. The van der Waals surface area contributed by atoms with Gasteiger partial charge in [-0.2, -0.15) is 0 Å². The first-order valence-corrected chi connectivity index (χ1v) is 7.11. The number of urea groups is 1. The molecule has 2 aromatic carbocycles. The molecule has 0 aromatic heterocycles. The molecule has 2 rings (SSSR count). The third-order valence-electron chi connectivity index (χ3n) is 2.89. The number of carbonyl (C=O) groups is 3. The van der Waals surface area contributed by atoms with Crippen molar-refractivity contribution in [3.8, 4) is 11.5 Å². The summed E-state index contributed by atoms with van der Waals surface area (Å²) in [7, 11) is 1.37. The zero-order valence-corrected chi connectivity index (χ0v) is 12.9. The van der Waals surface area contributed by atoms with Crippen molar-refractivity contribution in [1.82, 2.24) is 10.6 Å². The second-order valence-electron chi connectivity index (χ2n) is 4.61. The molecule has 0 unspecified atom stereocenters. The first-order valence-electron chi connectivity index (χ1n) is 7.11. The van der Waals surface area contributed by atoms with Crippen LogP contribution in [0, 0.1) is 0 Å². The second-order valence-corrected chi connectivity index (χ2v) is 4.61. The maximum Gasteiger partial charge on any atom is 0.342 e. The maximum atomic E-state index is 12.1. The minimum atomic E-state index is -0.732. The molecule has 0 aliphatic carbocycles. The minimum absolute atomic E-state index is 0.175. The van der Waals surface area contributed by atoms with Gasteiger partial charge in [0.15, 0.2) is 6.61 Å². The third-order valence-corrected chi connectivity index (χ3v) is 2.89. The van der Waals surface area contributed by atoms with Crippen LogP contribution in [0.15, 0.2) is 54.6 Å². The van der Waals surface area contributed by atoms with Crippen molar-refractivity contribution < 1.29 is 23.9 Å². The Morgan fingerprint density at radius 2 is 1.62 bits per heavy atom. The topological polar surface area (TPSA) is 93.7 Å². The van der Waals surface area contributed by atoms with Gasteiger partial charge in [-0.1, -0.05) is 30.3 Å². The normalized spacial score (nSPS) is 9.71. The molecule has 0 heterocycles. The van der Waals surface area contributed by atoms with Crippen molar-refractivity contribution >= 4 is 17.9 Å². The van der Waals surface area contributed by atoms with Crippen LogP contribution in [0.2, 0.25) is 0 Å². The Morgan fingerprint density at radius 3 is 2.33 bits per heavy atom. The number of esters is 1. The molecule has 3 amide bonds. The highest BCUT2D eigenvalue weighted by molar-refractivity contribution is 5.97. The van der Waals surface area contributed by atoms with Gasteiger partial charge in [0, 0.05) is 7.05 Å². The maximum absolute atomic E-state index is 12.1. The molecule has 7 heteroatoms. The number of imide groups is 1. The predicted molar refractivity (Wildman–Crippen MR) is 85.8 cm³/mol. The zero-order valence-electron chi connectivity index (χ0n) is 12.9. The number of nitrogens with one attached hydrogen (secondary N) is 2. The summed E-state index contributed by atoms with van der Waals surface area (Å²) < 4.78 is 10.6. The van der Waals surface area contributed by atoms with Crippen LogP contribution in [0.25, 0.3) is 0 Å². The summed E-state index contributed by atoms with van der Waals surface area (Å²) in [6.07, 6.45) is 0. The number of benzene rings is 2. The van der Waals surface area contributed by atoms with E-state index in [1.54, 1.807) is 42.5 Å². The van der Waals surface area contributed by atoms with Crippen molar-refractivity contribution in [3.63, 3.8) is 0 Å². The van der Waals surface area contributed by atoms with Crippen LogP contribution in [0.4, 0.5) is 4.79 Å². The van der Waals surface area contributed by atoms with E-state index < -0.39 is 24.5 Å². The largest absolute Gasteiger partial charge is 0.456 e. The Labute approximate surface area is 138 Å². The van der Waals surface area contributed by atoms with Crippen molar-refractivity contribution in [2.75, 3.05) is 13.7 Å². The van der Waals surface area contributed by atoms with Gasteiger partial charge in [0.1, 0.15) is 17.1 Å². The molecule has 2 N–H and O–H groups in total.